The number of sulfonamides is 2. The van der Waals surface area contributed by atoms with Gasteiger partial charge >= 0.3 is 0 Å². The van der Waals surface area contributed by atoms with E-state index in [1.54, 1.807) is 104 Å². The van der Waals surface area contributed by atoms with Crippen molar-refractivity contribution in [3.05, 3.63) is 176 Å². The Morgan fingerprint density at radius 1 is 0.525 bits per heavy atom. The summed E-state index contributed by atoms with van der Waals surface area (Å²) in [5, 5.41) is 3.48. The molecule has 2 N–H and O–H groups in total. The van der Waals surface area contributed by atoms with Gasteiger partial charge in [0.1, 0.15) is 24.7 Å². The first-order chi connectivity index (χ1) is 28.3. The van der Waals surface area contributed by atoms with E-state index < -0.39 is 20.0 Å². The lowest BCUT2D eigenvalue weighted by atomic mass is 10.0. The van der Waals surface area contributed by atoms with Crippen LogP contribution in [0.5, 0.6) is 23.0 Å². The molecule has 0 aliphatic heterocycles. The summed E-state index contributed by atoms with van der Waals surface area (Å²) in [7, 11) is -4.71. The van der Waals surface area contributed by atoms with Gasteiger partial charge in [0, 0.05) is 38.3 Å². The number of ether oxygens (including phenoxy) is 4. The number of hydrogen-bond acceptors (Lipinski definition) is 8. The van der Waals surface area contributed by atoms with Crippen LogP contribution in [0.2, 0.25) is 15.1 Å². The minimum absolute atomic E-state index is 0.153. The Bertz CT molecular complexity index is 2740. The first-order valence-electron chi connectivity index (χ1n) is 17.7. The molecule has 0 fully saturated rings. The van der Waals surface area contributed by atoms with Crippen LogP contribution >= 0.6 is 34.8 Å². The molecule has 0 bridgehead atoms. The van der Waals surface area contributed by atoms with Crippen molar-refractivity contribution in [2.24, 2.45) is 0 Å². The highest BCUT2D eigenvalue weighted by atomic mass is 35.5. The van der Waals surface area contributed by atoms with Crippen molar-refractivity contribution in [1.82, 2.24) is 0 Å². The Kier molecular flexibility index (Phi) is 14.1. The summed E-state index contributed by atoms with van der Waals surface area (Å²) in [6, 6.07) is 36.1. The van der Waals surface area contributed by atoms with E-state index in [0.717, 1.165) is 21.9 Å². The normalized spacial score (nSPS) is 11.7. The van der Waals surface area contributed by atoms with Crippen molar-refractivity contribution >= 4 is 78.4 Å². The summed E-state index contributed by atoms with van der Waals surface area (Å²) in [5.74, 6) is 1.84. The van der Waals surface area contributed by atoms with Gasteiger partial charge in [-0.25, -0.2) is 16.8 Å². The Balaban J connectivity index is 1.05. The number of halogens is 3. The van der Waals surface area contributed by atoms with Gasteiger partial charge in [-0.15, -0.1) is 0 Å². The van der Waals surface area contributed by atoms with Crippen molar-refractivity contribution in [3.8, 4) is 34.1 Å². The summed E-state index contributed by atoms with van der Waals surface area (Å²) in [5.41, 5.74) is 4.73. The molecule has 6 aromatic rings. The first-order valence-corrected chi connectivity index (χ1v) is 21.9. The maximum absolute atomic E-state index is 13.0. The molecule has 0 aliphatic rings. The van der Waals surface area contributed by atoms with Crippen LogP contribution < -0.4 is 28.4 Å². The highest BCUT2D eigenvalue weighted by molar-refractivity contribution is 7.96. The zero-order chi connectivity index (χ0) is 42.0. The minimum atomic E-state index is -3.94. The third-order valence-electron chi connectivity index (χ3n) is 8.50. The van der Waals surface area contributed by atoms with E-state index in [2.05, 4.69) is 9.44 Å². The molecule has 15 heteroatoms. The lowest BCUT2D eigenvalue weighted by Crippen LogP contribution is -2.09. The lowest BCUT2D eigenvalue weighted by molar-refractivity contribution is 0.285. The number of anilines is 2. The fourth-order valence-electron chi connectivity index (χ4n) is 5.66. The molecule has 0 saturated carbocycles. The Morgan fingerprint density at radius 2 is 1.14 bits per heavy atom. The maximum atomic E-state index is 13.0. The number of hydrogen-bond donors (Lipinski definition) is 2. The molecule has 0 amide bonds. The van der Waals surface area contributed by atoms with E-state index in [9.17, 15) is 16.8 Å². The lowest BCUT2D eigenvalue weighted by Gasteiger charge is -2.13. The van der Waals surface area contributed by atoms with Crippen molar-refractivity contribution in [2.75, 3.05) is 23.7 Å². The molecule has 304 valence electrons. The van der Waals surface area contributed by atoms with Crippen LogP contribution in [0.3, 0.4) is 0 Å². The van der Waals surface area contributed by atoms with Gasteiger partial charge in [0.05, 0.1) is 36.4 Å². The Morgan fingerprint density at radius 3 is 1.81 bits per heavy atom. The van der Waals surface area contributed by atoms with Gasteiger partial charge < -0.3 is 18.9 Å². The monoisotopic (exact) mass is 890 g/mol. The van der Waals surface area contributed by atoms with Crippen molar-refractivity contribution in [1.29, 1.82) is 0 Å². The van der Waals surface area contributed by atoms with Gasteiger partial charge in [-0.1, -0.05) is 89.4 Å². The molecule has 0 heterocycles. The Labute approximate surface area is 358 Å². The van der Waals surface area contributed by atoms with Crippen LogP contribution in [0.1, 0.15) is 22.3 Å². The molecule has 0 unspecified atom stereocenters. The number of benzene rings is 6. The molecular weight excluding hydrogens is 855 g/mol. The third kappa shape index (κ3) is 12.4. The van der Waals surface area contributed by atoms with Gasteiger partial charge in [-0.2, -0.15) is 0 Å². The number of rotatable bonds is 17. The predicted molar refractivity (Wildman–Crippen MR) is 238 cm³/mol. The van der Waals surface area contributed by atoms with Gasteiger partial charge in [-0.3, -0.25) is 9.44 Å². The number of nitrogens with one attached hydrogen (secondary N) is 2. The molecule has 0 saturated heterocycles. The van der Waals surface area contributed by atoms with Crippen molar-refractivity contribution < 1.29 is 35.8 Å². The largest absolute Gasteiger partial charge is 0.497 e. The second kappa shape index (κ2) is 19.4. The molecule has 6 aromatic carbocycles. The fourth-order valence-corrected chi connectivity index (χ4v) is 8.18. The van der Waals surface area contributed by atoms with Crippen molar-refractivity contribution in [2.45, 2.75) is 13.2 Å². The fraction of sp³-hybridized carbons (Fsp3) is 0.0909. The third-order valence-corrected chi connectivity index (χ3v) is 11.4. The van der Waals surface area contributed by atoms with Gasteiger partial charge in [-0.05, 0) is 95.1 Å². The summed E-state index contributed by atoms with van der Waals surface area (Å²) in [6.07, 6.45) is 2.91. The van der Waals surface area contributed by atoms with Crippen LogP contribution in [0.15, 0.2) is 138 Å². The molecule has 0 spiro atoms. The van der Waals surface area contributed by atoms with Crippen molar-refractivity contribution in [3.63, 3.8) is 0 Å². The van der Waals surface area contributed by atoms with E-state index in [4.69, 9.17) is 53.8 Å². The zero-order valence-electron chi connectivity index (χ0n) is 31.6. The SMILES string of the molecule is COc1cccc(/C=C/S(=O)(=O)Nc2cccc(OCc3ccc(-c4ccc(/C=C/S(=O)(=O)Nc5ccc(OC)c(OCc6cccc(Cl)c6)c5)cc4Cl)c(Cl)c3)c2)c1. The van der Waals surface area contributed by atoms with E-state index in [0.29, 0.717) is 66.0 Å². The zero-order valence-corrected chi connectivity index (χ0v) is 35.5. The van der Waals surface area contributed by atoms with E-state index >= 15 is 0 Å². The quantitative estimate of drug-likeness (QED) is 0.0926. The Hall–Kier alpha value is -5.63. The predicted octanol–water partition coefficient (Wildman–Crippen LogP) is 11.3. The molecule has 59 heavy (non-hydrogen) atoms. The average Bonchev–Trinajstić information content (AvgIpc) is 3.21. The van der Waals surface area contributed by atoms with Crippen LogP contribution in [0.4, 0.5) is 11.4 Å². The molecule has 0 atom stereocenters. The summed E-state index contributed by atoms with van der Waals surface area (Å²) in [6.45, 7) is 0.352. The average molecular weight is 892 g/mol. The van der Waals surface area contributed by atoms with Crippen LogP contribution in [-0.2, 0) is 33.3 Å². The van der Waals surface area contributed by atoms with Gasteiger partial charge in [0.2, 0.25) is 0 Å². The van der Waals surface area contributed by atoms with Crippen LogP contribution in [-0.4, -0.2) is 31.1 Å². The molecule has 6 rings (SSSR count). The van der Waals surface area contributed by atoms with E-state index in [1.165, 1.54) is 25.3 Å². The minimum Gasteiger partial charge on any atom is -0.497 e. The maximum Gasteiger partial charge on any atom is 0.255 e. The summed E-state index contributed by atoms with van der Waals surface area (Å²) >= 11 is 19.5. The van der Waals surface area contributed by atoms with Crippen LogP contribution in [0, 0.1) is 0 Å². The molecule has 0 radical (unpaired) electrons. The second-order valence-electron chi connectivity index (χ2n) is 12.8. The standard InChI is InChI=1S/C44H37Cl3N2O8S2/c1-54-37-10-4-6-30(23-37)18-20-58(50,51)48-35-9-5-11-38(26-35)56-28-33-13-16-40(42(47)25-33)39-15-12-31(24-41(39)46)19-21-59(52,53)49-36-14-17-43(55-2)44(27-36)57-29-32-7-3-8-34(45)22-32/h3-27,48-49H,28-29H2,1-2H3/b20-18+,21-19+. The molecule has 0 aromatic heterocycles. The topological polar surface area (TPSA) is 129 Å². The van der Waals surface area contributed by atoms with E-state index in [-0.39, 0.29) is 18.9 Å². The van der Waals surface area contributed by atoms with Gasteiger partial charge in [0.25, 0.3) is 20.0 Å². The van der Waals surface area contributed by atoms with E-state index in [1.807, 2.05) is 24.3 Å². The highest BCUT2D eigenvalue weighted by Gasteiger charge is 2.14. The van der Waals surface area contributed by atoms with Crippen LogP contribution in [0.25, 0.3) is 23.3 Å². The highest BCUT2D eigenvalue weighted by Crippen LogP contribution is 2.36. The smallest absolute Gasteiger partial charge is 0.255 e. The first kappa shape index (κ1) is 43.0. The summed E-state index contributed by atoms with van der Waals surface area (Å²) < 4.78 is 79.0. The second-order valence-corrected chi connectivity index (χ2v) is 17.2. The molecule has 0 aliphatic carbocycles. The summed E-state index contributed by atoms with van der Waals surface area (Å²) in [4.78, 5) is 0. The molecular formula is C44H37Cl3N2O8S2. The molecule has 10 nitrogen and oxygen atoms in total. The van der Waals surface area contributed by atoms with Gasteiger partial charge in [0.15, 0.2) is 11.5 Å². The number of methoxy groups -OCH3 is 2.